The highest BCUT2D eigenvalue weighted by Gasteiger charge is 2.10. The first kappa shape index (κ1) is 21.3. The largest absolute Gasteiger partial charge is 0.491 e. The van der Waals surface area contributed by atoms with Crippen LogP contribution in [0.15, 0.2) is 78.9 Å². The predicted molar refractivity (Wildman–Crippen MR) is 130 cm³/mol. The lowest BCUT2D eigenvalue weighted by Gasteiger charge is -2.14. The van der Waals surface area contributed by atoms with Crippen LogP contribution < -0.4 is 15.4 Å². The fourth-order valence-electron chi connectivity index (χ4n) is 2.76. The monoisotopic (exact) mass is 516 g/mol. The van der Waals surface area contributed by atoms with E-state index in [9.17, 15) is 4.79 Å². The molecule has 0 unspecified atom stereocenters. The van der Waals surface area contributed by atoms with Crippen molar-refractivity contribution >= 4 is 51.5 Å². The fourth-order valence-corrected chi connectivity index (χ4v) is 3.50. The van der Waals surface area contributed by atoms with Gasteiger partial charge in [-0.25, -0.2) is 0 Å². The van der Waals surface area contributed by atoms with E-state index in [-0.39, 0.29) is 11.0 Å². The highest BCUT2D eigenvalue weighted by Crippen LogP contribution is 2.24. The number of carbonyl (C=O) groups excluding carboxylic acids is 1. The summed E-state index contributed by atoms with van der Waals surface area (Å²) in [5.74, 6) is 0.452. The third kappa shape index (κ3) is 6.83. The molecule has 1 amide bonds. The van der Waals surface area contributed by atoms with Gasteiger partial charge in [0, 0.05) is 9.13 Å². The minimum absolute atomic E-state index is 0.231. The Morgan fingerprint density at radius 1 is 0.966 bits per heavy atom. The van der Waals surface area contributed by atoms with Crippen molar-refractivity contribution in [1.29, 1.82) is 0 Å². The van der Waals surface area contributed by atoms with Gasteiger partial charge in [0.2, 0.25) is 0 Å². The van der Waals surface area contributed by atoms with E-state index in [0.717, 1.165) is 22.1 Å². The van der Waals surface area contributed by atoms with Crippen LogP contribution in [0.25, 0.3) is 0 Å². The van der Waals surface area contributed by atoms with Gasteiger partial charge in [0.05, 0.1) is 12.3 Å². The molecule has 0 aliphatic carbocycles. The summed E-state index contributed by atoms with van der Waals surface area (Å²) in [7, 11) is 0. The molecule has 3 rings (SSSR count). The summed E-state index contributed by atoms with van der Waals surface area (Å²) in [5, 5.41) is 6.00. The third-order valence-electron chi connectivity index (χ3n) is 4.16. The van der Waals surface area contributed by atoms with Gasteiger partial charge in [0.25, 0.3) is 5.91 Å². The van der Waals surface area contributed by atoms with Crippen molar-refractivity contribution in [2.75, 3.05) is 11.9 Å². The van der Waals surface area contributed by atoms with Gasteiger partial charge in [-0.2, -0.15) is 0 Å². The van der Waals surface area contributed by atoms with Gasteiger partial charge in [0.15, 0.2) is 5.11 Å². The molecule has 3 aromatic rings. The van der Waals surface area contributed by atoms with Crippen molar-refractivity contribution in [3.05, 3.63) is 93.6 Å². The van der Waals surface area contributed by atoms with Crippen LogP contribution in [-0.4, -0.2) is 17.6 Å². The van der Waals surface area contributed by atoms with Crippen LogP contribution in [0.3, 0.4) is 0 Å². The molecule has 3 aromatic carbocycles. The Hall–Kier alpha value is -2.45. The highest BCUT2D eigenvalue weighted by atomic mass is 127. The summed E-state index contributed by atoms with van der Waals surface area (Å²) in [5.41, 5.74) is 2.58. The maximum Gasteiger partial charge on any atom is 0.257 e. The first-order valence-electron chi connectivity index (χ1n) is 9.25. The van der Waals surface area contributed by atoms with Crippen LogP contribution in [0.1, 0.15) is 22.3 Å². The van der Waals surface area contributed by atoms with Crippen molar-refractivity contribution < 1.29 is 9.53 Å². The maximum absolute atomic E-state index is 12.4. The average Bonchev–Trinajstić information content (AvgIpc) is 2.73. The van der Waals surface area contributed by atoms with Crippen LogP contribution in [0.4, 0.5) is 5.69 Å². The molecular weight excluding hydrogens is 495 g/mol. The molecule has 0 aromatic heterocycles. The molecule has 29 heavy (non-hydrogen) atoms. The van der Waals surface area contributed by atoms with Gasteiger partial charge in [-0.1, -0.05) is 48.5 Å². The van der Waals surface area contributed by atoms with Gasteiger partial charge in [-0.05, 0) is 83.5 Å². The SMILES string of the molecule is O=C(NC(=S)Nc1ccccc1OCCCc1ccccc1)c1cccc(I)c1. The van der Waals surface area contributed by atoms with Crippen LogP contribution in [0, 0.1) is 3.57 Å². The zero-order chi connectivity index (χ0) is 20.5. The first-order valence-corrected chi connectivity index (χ1v) is 10.7. The topological polar surface area (TPSA) is 50.4 Å². The van der Waals surface area contributed by atoms with E-state index in [1.807, 2.05) is 60.7 Å². The number of thiocarbonyl (C=S) groups is 1. The Bertz CT molecular complexity index is 979. The van der Waals surface area contributed by atoms with E-state index in [2.05, 4.69) is 45.4 Å². The van der Waals surface area contributed by atoms with E-state index in [0.29, 0.717) is 17.9 Å². The van der Waals surface area contributed by atoms with Gasteiger partial charge in [-0.3, -0.25) is 10.1 Å². The molecule has 0 atom stereocenters. The Kier molecular flexibility index (Phi) is 8.01. The first-order chi connectivity index (χ1) is 14.1. The molecule has 0 heterocycles. The quantitative estimate of drug-likeness (QED) is 0.250. The van der Waals surface area contributed by atoms with E-state index in [1.165, 1.54) is 5.56 Å². The molecule has 4 nitrogen and oxygen atoms in total. The average molecular weight is 516 g/mol. The summed E-state index contributed by atoms with van der Waals surface area (Å²) < 4.78 is 6.92. The molecule has 0 bridgehead atoms. The number of anilines is 1. The van der Waals surface area contributed by atoms with Crippen LogP contribution in [-0.2, 0) is 6.42 Å². The molecule has 0 saturated carbocycles. The number of para-hydroxylation sites is 2. The van der Waals surface area contributed by atoms with Crippen LogP contribution >= 0.6 is 34.8 Å². The molecule has 6 heteroatoms. The molecule has 0 aliphatic rings. The summed E-state index contributed by atoms with van der Waals surface area (Å²) in [6.07, 6.45) is 1.87. The Labute approximate surface area is 189 Å². The molecule has 0 radical (unpaired) electrons. The zero-order valence-corrected chi connectivity index (χ0v) is 18.7. The minimum Gasteiger partial charge on any atom is -0.491 e. The lowest BCUT2D eigenvalue weighted by Crippen LogP contribution is -2.34. The standard InChI is InChI=1S/C23H21IN2O2S/c24-19-12-6-11-18(16-19)22(27)26-23(29)25-20-13-4-5-14-21(20)28-15-7-10-17-8-2-1-3-9-17/h1-6,8-9,11-14,16H,7,10,15H2,(H2,25,26,27,29). The molecule has 0 saturated heterocycles. The van der Waals surface area contributed by atoms with E-state index >= 15 is 0 Å². The molecule has 0 aliphatic heterocycles. The van der Waals surface area contributed by atoms with E-state index in [4.69, 9.17) is 17.0 Å². The van der Waals surface area contributed by atoms with E-state index in [1.54, 1.807) is 6.07 Å². The summed E-state index contributed by atoms with van der Waals surface area (Å²) in [4.78, 5) is 12.4. The Morgan fingerprint density at radius 2 is 1.72 bits per heavy atom. The molecule has 148 valence electrons. The van der Waals surface area contributed by atoms with Gasteiger partial charge in [-0.15, -0.1) is 0 Å². The number of halogens is 1. The number of hydrogen-bond acceptors (Lipinski definition) is 3. The molecule has 2 N–H and O–H groups in total. The van der Waals surface area contributed by atoms with Crippen LogP contribution in [0.2, 0.25) is 0 Å². The number of benzene rings is 3. The molecule has 0 fully saturated rings. The number of hydrogen-bond donors (Lipinski definition) is 2. The fraction of sp³-hybridized carbons (Fsp3) is 0.130. The normalized spacial score (nSPS) is 10.2. The summed E-state index contributed by atoms with van der Waals surface area (Å²) in [6.45, 7) is 0.592. The smallest absolute Gasteiger partial charge is 0.257 e. The van der Waals surface area contributed by atoms with Crippen molar-refractivity contribution in [1.82, 2.24) is 5.32 Å². The summed E-state index contributed by atoms with van der Waals surface area (Å²) >= 11 is 7.47. The summed E-state index contributed by atoms with van der Waals surface area (Å²) in [6, 6.07) is 25.2. The lowest BCUT2D eigenvalue weighted by atomic mass is 10.1. The molecule has 0 spiro atoms. The second-order valence-electron chi connectivity index (χ2n) is 6.35. The Balaban J connectivity index is 1.52. The number of carbonyl (C=O) groups is 1. The van der Waals surface area contributed by atoms with Crippen molar-refractivity contribution in [2.45, 2.75) is 12.8 Å². The van der Waals surface area contributed by atoms with Crippen molar-refractivity contribution in [2.24, 2.45) is 0 Å². The van der Waals surface area contributed by atoms with E-state index < -0.39 is 0 Å². The van der Waals surface area contributed by atoms with Crippen molar-refractivity contribution in [3.63, 3.8) is 0 Å². The van der Waals surface area contributed by atoms with Gasteiger partial charge >= 0.3 is 0 Å². The predicted octanol–water partition coefficient (Wildman–Crippen LogP) is 5.43. The second kappa shape index (κ2) is 10.9. The van der Waals surface area contributed by atoms with Crippen LogP contribution in [0.5, 0.6) is 5.75 Å². The maximum atomic E-state index is 12.4. The number of rotatable bonds is 7. The minimum atomic E-state index is -0.248. The van der Waals surface area contributed by atoms with Gasteiger partial charge in [0.1, 0.15) is 5.75 Å². The number of amides is 1. The number of aryl methyl sites for hydroxylation is 1. The third-order valence-corrected chi connectivity index (χ3v) is 5.03. The zero-order valence-electron chi connectivity index (χ0n) is 15.7. The number of nitrogens with one attached hydrogen (secondary N) is 2. The Morgan fingerprint density at radius 3 is 2.52 bits per heavy atom. The van der Waals surface area contributed by atoms with Gasteiger partial charge < -0.3 is 10.1 Å². The van der Waals surface area contributed by atoms with Crippen molar-refractivity contribution in [3.8, 4) is 5.75 Å². The molecular formula is C23H21IN2O2S. The highest BCUT2D eigenvalue weighted by molar-refractivity contribution is 14.1. The number of ether oxygens (including phenoxy) is 1. The second-order valence-corrected chi connectivity index (χ2v) is 8.01. The lowest BCUT2D eigenvalue weighted by molar-refractivity contribution is 0.0977.